The van der Waals surface area contributed by atoms with Crippen molar-refractivity contribution in [2.75, 3.05) is 18.9 Å². The molecular formula is C40H39N3O7S. The van der Waals surface area contributed by atoms with Crippen molar-refractivity contribution < 1.29 is 34.1 Å². The maximum Gasteiger partial charge on any atom is 0.255 e. The maximum absolute atomic E-state index is 13.1. The Balaban J connectivity index is 1.00. The number of rotatable bonds is 13. The highest BCUT2D eigenvalue weighted by molar-refractivity contribution is 7.99. The molecule has 4 aromatic rings. The standard InChI is InChI=1S/C40H39N3O7S/c1-2-31(25-6-12-28(44)13-7-25)38(26-8-14-29(45)15-9-26)27-10-16-30(17-11-27)50-22-21-41-36(46)20-23-51-35-5-3-4-32-33(35)24-43(40(32)49)34-18-19-37(47)42-39(34)48/h3-17,34,44-45H,2,18-24H2,1H3,(H,41,46)(H,42,47,48)/b38-31-. The average Bonchev–Trinajstić information content (AvgIpc) is 3.47. The summed E-state index contributed by atoms with van der Waals surface area (Å²) in [4.78, 5) is 52.1. The Bertz CT molecular complexity index is 1960. The molecule has 4 amide bonds. The van der Waals surface area contributed by atoms with Crippen LogP contribution in [0, 0.1) is 0 Å². The summed E-state index contributed by atoms with van der Waals surface area (Å²) in [6.45, 7) is 3.00. The first-order valence-electron chi connectivity index (χ1n) is 16.9. The number of fused-ring (bicyclic) bond motifs is 1. The maximum atomic E-state index is 13.1. The van der Waals surface area contributed by atoms with Crippen molar-refractivity contribution in [3.8, 4) is 17.2 Å². The van der Waals surface area contributed by atoms with Crippen molar-refractivity contribution >= 4 is 46.5 Å². The molecule has 2 aliphatic heterocycles. The van der Waals surface area contributed by atoms with Gasteiger partial charge in [-0.25, -0.2) is 0 Å². The zero-order chi connectivity index (χ0) is 35.9. The minimum Gasteiger partial charge on any atom is -0.508 e. The monoisotopic (exact) mass is 705 g/mol. The van der Waals surface area contributed by atoms with Gasteiger partial charge in [0.05, 0.1) is 6.54 Å². The van der Waals surface area contributed by atoms with Gasteiger partial charge in [-0.3, -0.25) is 24.5 Å². The molecule has 11 heteroatoms. The van der Waals surface area contributed by atoms with Crippen LogP contribution in [0.25, 0.3) is 11.1 Å². The molecule has 1 unspecified atom stereocenters. The molecule has 1 saturated heterocycles. The van der Waals surface area contributed by atoms with Gasteiger partial charge in [-0.1, -0.05) is 49.4 Å². The van der Waals surface area contributed by atoms with Crippen LogP contribution in [0.15, 0.2) is 95.9 Å². The number of carbonyl (C=O) groups is 4. The Morgan fingerprint density at radius 3 is 2.20 bits per heavy atom. The molecule has 2 heterocycles. The number of allylic oxidation sites excluding steroid dienone is 1. The largest absolute Gasteiger partial charge is 0.508 e. The fourth-order valence-corrected chi connectivity index (χ4v) is 7.47. The number of imide groups is 1. The summed E-state index contributed by atoms with van der Waals surface area (Å²) < 4.78 is 5.92. The summed E-state index contributed by atoms with van der Waals surface area (Å²) in [5.41, 5.74) is 6.41. The third kappa shape index (κ3) is 8.26. The average molecular weight is 706 g/mol. The van der Waals surface area contributed by atoms with Crippen LogP contribution in [-0.4, -0.2) is 63.7 Å². The van der Waals surface area contributed by atoms with Crippen LogP contribution in [0.4, 0.5) is 0 Å². The van der Waals surface area contributed by atoms with E-state index in [-0.39, 0.29) is 48.7 Å². The van der Waals surface area contributed by atoms with Gasteiger partial charge in [0.25, 0.3) is 5.91 Å². The highest BCUT2D eigenvalue weighted by Gasteiger charge is 2.39. The van der Waals surface area contributed by atoms with Crippen molar-refractivity contribution in [1.82, 2.24) is 15.5 Å². The molecule has 0 bridgehead atoms. The second-order valence-electron chi connectivity index (χ2n) is 12.3. The van der Waals surface area contributed by atoms with Gasteiger partial charge in [-0.15, -0.1) is 11.8 Å². The van der Waals surface area contributed by atoms with Gasteiger partial charge >= 0.3 is 0 Å². The summed E-state index contributed by atoms with van der Waals surface area (Å²) in [7, 11) is 0. The van der Waals surface area contributed by atoms with Crippen LogP contribution in [-0.2, 0) is 20.9 Å². The third-order valence-electron chi connectivity index (χ3n) is 8.99. The lowest BCUT2D eigenvalue weighted by Crippen LogP contribution is -2.52. The molecule has 2 aliphatic rings. The number of amides is 4. The number of hydrogen-bond donors (Lipinski definition) is 4. The number of carbonyl (C=O) groups excluding carboxylic acids is 4. The van der Waals surface area contributed by atoms with Crippen LogP contribution in [0.3, 0.4) is 0 Å². The number of piperidine rings is 1. The second kappa shape index (κ2) is 16.0. The van der Waals surface area contributed by atoms with Crippen molar-refractivity contribution in [3.05, 3.63) is 119 Å². The zero-order valence-corrected chi connectivity index (χ0v) is 29.0. The third-order valence-corrected chi connectivity index (χ3v) is 10.1. The molecule has 0 aromatic heterocycles. The van der Waals surface area contributed by atoms with Crippen molar-refractivity contribution in [1.29, 1.82) is 0 Å². The fourth-order valence-electron chi connectivity index (χ4n) is 6.44. The fraction of sp³-hybridized carbons (Fsp3) is 0.250. The van der Waals surface area contributed by atoms with Crippen LogP contribution >= 0.6 is 11.8 Å². The second-order valence-corrected chi connectivity index (χ2v) is 13.4. The molecule has 10 nitrogen and oxygen atoms in total. The number of phenols is 2. The number of hydrogen-bond acceptors (Lipinski definition) is 8. The van der Waals surface area contributed by atoms with Gasteiger partial charge in [0, 0.05) is 35.6 Å². The number of phenolic OH excluding ortho intramolecular Hbond substituents is 2. The topological polar surface area (TPSA) is 145 Å². The molecule has 51 heavy (non-hydrogen) atoms. The first-order chi connectivity index (χ1) is 24.7. The van der Waals surface area contributed by atoms with Crippen molar-refractivity contribution in [2.24, 2.45) is 0 Å². The Morgan fingerprint density at radius 1 is 0.902 bits per heavy atom. The van der Waals surface area contributed by atoms with Crippen molar-refractivity contribution in [3.63, 3.8) is 0 Å². The molecule has 1 atom stereocenters. The quantitative estimate of drug-likeness (QED) is 0.0582. The normalized spacial score (nSPS) is 16.0. The van der Waals surface area contributed by atoms with Gasteiger partial charge in [-0.05, 0) is 94.8 Å². The molecule has 6 rings (SSSR count). The molecule has 0 radical (unpaired) electrons. The lowest BCUT2D eigenvalue weighted by molar-refractivity contribution is -0.137. The molecule has 4 N–H and O–H groups in total. The zero-order valence-electron chi connectivity index (χ0n) is 28.2. The highest BCUT2D eigenvalue weighted by atomic mass is 32.2. The first-order valence-corrected chi connectivity index (χ1v) is 17.9. The Hall–Kier alpha value is -5.55. The van der Waals surface area contributed by atoms with Gasteiger partial charge in [0.15, 0.2) is 0 Å². The molecule has 1 fully saturated rings. The van der Waals surface area contributed by atoms with E-state index >= 15 is 0 Å². The summed E-state index contributed by atoms with van der Waals surface area (Å²) >= 11 is 1.49. The smallest absolute Gasteiger partial charge is 0.255 e. The SMILES string of the molecule is CC/C(=C(\c1ccc(O)cc1)c1ccc(OCCNC(=O)CCSc2cccc3c2CN(C2CCC(=O)NC2=O)C3=O)cc1)c1ccc(O)cc1. The van der Waals surface area contributed by atoms with Gasteiger partial charge < -0.3 is 25.2 Å². The predicted octanol–water partition coefficient (Wildman–Crippen LogP) is 5.91. The summed E-state index contributed by atoms with van der Waals surface area (Å²) in [5, 5.41) is 24.9. The molecule has 4 aromatic carbocycles. The Labute approximate surface area is 300 Å². The summed E-state index contributed by atoms with van der Waals surface area (Å²) in [6.07, 6.45) is 1.53. The summed E-state index contributed by atoms with van der Waals surface area (Å²) in [5.74, 6) is 0.471. The number of ether oxygens (including phenoxy) is 1. The molecule has 0 spiro atoms. The van der Waals surface area contributed by atoms with Gasteiger partial charge in [0.1, 0.15) is 29.9 Å². The van der Waals surface area contributed by atoms with Crippen LogP contribution < -0.4 is 15.4 Å². The molecular weight excluding hydrogens is 667 g/mol. The number of nitrogens with zero attached hydrogens (tertiary/aromatic N) is 1. The number of benzene rings is 4. The minimum atomic E-state index is -0.670. The van der Waals surface area contributed by atoms with Crippen molar-refractivity contribution in [2.45, 2.75) is 50.1 Å². The predicted molar refractivity (Wildman–Crippen MR) is 195 cm³/mol. The van der Waals surface area contributed by atoms with Crippen LogP contribution in [0.5, 0.6) is 17.2 Å². The van der Waals surface area contributed by atoms with E-state index in [0.717, 1.165) is 44.7 Å². The lowest BCUT2D eigenvalue weighted by Gasteiger charge is -2.29. The van der Waals surface area contributed by atoms with Gasteiger partial charge in [0.2, 0.25) is 17.7 Å². The number of nitrogens with one attached hydrogen (secondary N) is 2. The molecule has 0 aliphatic carbocycles. The van der Waals surface area contributed by atoms with Crippen LogP contribution in [0.1, 0.15) is 65.2 Å². The minimum absolute atomic E-state index is 0.111. The van der Waals surface area contributed by atoms with Crippen LogP contribution in [0.2, 0.25) is 0 Å². The van der Waals surface area contributed by atoms with E-state index in [0.29, 0.717) is 36.6 Å². The number of thioether (sulfide) groups is 1. The molecule has 0 saturated carbocycles. The van der Waals surface area contributed by atoms with E-state index in [1.807, 2.05) is 54.6 Å². The lowest BCUT2D eigenvalue weighted by atomic mass is 9.88. The van der Waals surface area contributed by atoms with E-state index in [1.54, 1.807) is 36.4 Å². The van der Waals surface area contributed by atoms with E-state index < -0.39 is 11.9 Å². The van der Waals surface area contributed by atoms with E-state index in [9.17, 15) is 29.4 Å². The molecule has 262 valence electrons. The Kier molecular flexibility index (Phi) is 11.1. The van der Waals surface area contributed by atoms with E-state index in [2.05, 4.69) is 17.6 Å². The Morgan fingerprint density at radius 2 is 1.55 bits per heavy atom. The summed E-state index contributed by atoms with van der Waals surface area (Å²) in [6, 6.07) is 26.8. The highest BCUT2D eigenvalue weighted by Crippen LogP contribution is 2.37. The number of aromatic hydroxyl groups is 2. The van der Waals surface area contributed by atoms with E-state index in [1.165, 1.54) is 16.7 Å². The van der Waals surface area contributed by atoms with E-state index in [4.69, 9.17) is 4.74 Å². The first kappa shape index (κ1) is 35.3. The van der Waals surface area contributed by atoms with Gasteiger partial charge in [-0.2, -0.15) is 0 Å².